The van der Waals surface area contributed by atoms with Gasteiger partial charge in [-0.05, 0) is 42.5 Å². The Hall–Kier alpha value is -4.40. The predicted molar refractivity (Wildman–Crippen MR) is 137 cm³/mol. The van der Waals surface area contributed by atoms with E-state index in [9.17, 15) is 14.0 Å². The summed E-state index contributed by atoms with van der Waals surface area (Å²) in [5.41, 5.74) is 2.08. The fourth-order valence-electron chi connectivity index (χ4n) is 4.25. The lowest BCUT2D eigenvalue weighted by Gasteiger charge is -2.26. The van der Waals surface area contributed by atoms with Crippen molar-refractivity contribution in [2.75, 3.05) is 34.9 Å². The van der Waals surface area contributed by atoms with Crippen LogP contribution in [-0.4, -0.2) is 62.4 Å². The van der Waals surface area contributed by atoms with Gasteiger partial charge in [0.1, 0.15) is 29.6 Å². The molecule has 0 saturated carbocycles. The van der Waals surface area contributed by atoms with Crippen LogP contribution in [0.25, 0.3) is 0 Å². The number of nitrogens with zero attached hydrogens (tertiary/aromatic N) is 3. The van der Waals surface area contributed by atoms with Gasteiger partial charge in [0.15, 0.2) is 0 Å². The minimum absolute atomic E-state index is 0.106. The Bertz CT molecular complexity index is 1340. The number of hydrogen-bond donors (Lipinski definition) is 0. The molecule has 0 saturated heterocycles. The van der Waals surface area contributed by atoms with Gasteiger partial charge in [-0.3, -0.25) is 9.59 Å². The standard InChI is InChI=1S/C28H28FN3O5/c1-31(28(34)21-10-5-6-11-23(21)29)17-27(33)32-25(22-15-20(36-3)12-13-26(22)37-4)16-24(30-32)18-8-7-9-19(14-18)35-2/h5-15,25H,16-17H2,1-4H3/t25-/m1/s1. The number of halogens is 1. The maximum absolute atomic E-state index is 14.2. The summed E-state index contributed by atoms with van der Waals surface area (Å²) in [6.07, 6.45) is 0.396. The van der Waals surface area contributed by atoms with Crippen molar-refractivity contribution in [3.8, 4) is 17.2 Å². The monoisotopic (exact) mass is 505 g/mol. The Balaban J connectivity index is 1.68. The van der Waals surface area contributed by atoms with Crippen molar-refractivity contribution in [3.63, 3.8) is 0 Å². The molecule has 3 aromatic rings. The predicted octanol–water partition coefficient (Wildman–Crippen LogP) is 4.30. The first-order valence-electron chi connectivity index (χ1n) is 11.6. The van der Waals surface area contributed by atoms with Crippen LogP contribution in [-0.2, 0) is 4.79 Å². The highest BCUT2D eigenvalue weighted by molar-refractivity contribution is 6.04. The molecule has 0 N–H and O–H groups in total. The molecule has 1 atom stereocenters. The number of amides is 2. The Kier molecular flexibility index (Phi) is 7.71. The molecule has 2 amide bonds. The third-order valence-corrected chi connectivity index (χ3v) is 6.19. The Labute approximate surface area is 214 Å². The van der Waals surface area contributed by atoms with Crippen molar-refractivity contribution in [1.29, 1.82) is 0 Å². The number of ether oxygens (including phenoxy) is 3. The van der Waals surface area contributed by atoms with E-state index >= 15 is 0 Å². The lowest BCUT2D eigenvalue weighted by atomic mass is 9.97. The molecule has 0 aliphatic carbocycles. The van der Waals surface area contributed by atoms with Crippen LogP contribution < -0.4 is 14.2 Å². The van der Waals surface area contributed by atoms with Gasteiger partial charge in [-0.15, -0.1) is 0 Å². The minimum atomic E-state index is -0.648. The first kappa shape index (κ1) is 25.7. The van der Waals surface area contributed by atoms with Crippen molar-refractivity contribution >= 4 is 17.5 Å². The lowest BCUT2D eigenvalue weighted by Crippen LogP contribution is -2.39. The van der Waals surface area contributed by atoms with Crippen molar-refractivity contribution in [2.45, 2.75) is 12.5 Å². The third-order valence-electron chi connectivity index (χ3n) is 6.19. The van der Waals surface area contributed by atoms with Crippen LogP contribution in [0.15, 0.2) is 71.8 Å². The van der Waals surface area contributed by atoms with Gasteiger partial charge in [0.2, 0.25) is 0 Å². The summed E-state index contributed by atoms with van der Waals surface area (Å²) in [5, 5.41) is 6.02. The van der Waals surface area contributed by atoms with Gasteiger partial charge in [-0.2, -0.15) is 5.10 Å². The third kappa shape index (κ3) is 5.40. The van der Waals surface area contributed by atoms with Crippen molar-refractivity contribution < 1.29 is 28.2 Å². The van der Waals surface area contributed by atoms with E-state index in [1.165, 1.54) is 35.2 Å². The molecule has 1 aliphatic rings. The van der Waals surface area contributed by atoms with E-state index in [-0.39, 0.29) is 12.1 Å². The molecule has 0 fully saturated rings. The van der Waals surface area contributed by atoms with E-state index in [0.29, 0.717) is 34.9 Å². The van der Waals surface area contributed by atoms with Gasteiger partial charge in [-0.1, -0.05) is 24.3 Å². The number of carbonyl (C=O) groups excluding carboxylic acids is 2. The van der Waals surface area contributed by atoms with E-state index in [0.717, 1.165) is 5.56 Å². The molecule has 1 heterocycles. The number of methoxy groups -OCH3 is 3. The smallest absolute Gasteiger partial charge is 0.262 e. The average molecular weight is 506 g/mol. The van der Waals surface area contributed by atoms with Crippen molar-refractivity contribution in [3.05, 3.63) is 89.2 Å². The molecule has 192 valence electrons. The largest absolute Gasteiger partial charge is 0.497 e. The summed E-state index contributed by atoms with van der Waals surface area (Å²) < 4.78 is 30.5. The molecular formula is C28H28FN3O5. The first-order valence-corrected chi connectivity index (χ1v) is 11.6. The quantitative estimate of drug-likeness (QED) is 0.456. The normalized spacial score (nSPS) is 14.7. The highest BCUT2D eigenvalue weighted by atomic mass is 19.1. The van der Waals surface area contributed by atoms with Gasteiger partial charge >= 0.3 is 0 Å². The fraction of sp³-hybridized carbons (Fsp3) is 0.250. The molecule has 0 unspecified atom stereocenters. The molecule has 4 rings (SSSR count). The van der Waals surface area contributed by atoms with E-state index in [1.807, 2.05) is 30.3 Å². The number of rotatable bonds is 8. The zero-order valence-corrected chi connectivity index (χ0v) is 21.1. The maximum atomic E-state index is 14.2. The van der Waals surface area contributed by atoms with Crippen molar-refractivity contribution in [1.82, 2.24) is 9.91 Å². The Morgan fingerprint density at radius 3 is 2.41 bits per heavy atom. The van der Waals surface area contributed by atoms with Gasteiger partial charge in [0, 0.05) is 24.6 Å². The number of likely N-dealkylation sites (N-methyl/N-ethyl adjacent to an activating group) is 1. The minimum Gasteiger partial charge on any atom is -0.497 e. The molecule has 0 bridgehead atoms. The first-order chi connectivity index (χ1) is 17.9. The van der Waals surface area contributed by atoms with E-state index < -0.39 is 23.7 Å². The Morgan fingerprint density at radius 2 is 1.70 bits per heavy atom. The second kappa shape index (κ2) is 11.1. The number of benzene rings is 3. The lowest BCUT2D eigenvalue weighted by molar-refractivity contribution is -0.133. The summed E-state index contributed by atoms with van der Waals surface area (Å²) >= 11 is 0. The van der Waals surface area contributed by atoms with Crippen LogP contribution >= 0.6 is 0 Å². The van der Waals surface area contributed by atoms with Crippen LogP contribution in [0.4, 0.5) is 4.39 Å². The number of hydrazone groups is 1. The zero-order chi connectivity index (χ0) is 26.5. The SMILES string of the molecule is COc1cccc(C2=NN(C(=O)CN(C)C(=O)c3ccccc3F)[C@@H](c3cc(OC)ccc3OC)C2)c1. The van der Waals surface area contributed by atoms with E-state index in [2.05, 4.69) is 5.10 Å². The van der Waals surface area contributed by atoms with Gasteiger partial charge < -0.3 is 19.1 Å². The molecule has 8 nitrogen and oxygen atoms in total. The molecule has 0 aromatic heterocycles. The van der Waals surface area contributed by atoms with Crippen molar-refractivity contribution in [2.24, 2.45) is 5.10 Å². The Morgan fingerprint density at radius 1 is 0.973 bits per heavy atom. The fourth-order valence-corrected chi connectivity index (χ4v) is 4.25. The van der Waals surface area contributed by atoms with Crippen LogP contribution in [0, 0.1) is 5.82 Å². The summed E-state index contributed by atoms with van der Waals surface area (Å²) in [7, 11) is 6.15. The number of carbonyl (C=O) groups is 2. The zero-order valence-electron chi connectivity index (χ0n) is 21.1. The van der Waals surface area contributed by atoms with Crippen LogP contribution in [0.3, 0.4) is 0 Å². The second-order valence-corrected chi connectivity index (χ2v) is 8.49. The summed E-state index contributed by atoms with van der Waals surface area (Å²) in [6, 6.07) is 17.9. The summed E-state index contributed by atoms with van der Waals surface area (Å²) in [4.78, 5) is 27.6. The second-order valence-electron chi connectivity index (χ2n) is 8.49. The van der Waals surface area contributed by atoms with Crippen LogP contribution in [0.5, 0.6) is 17.2 Å². The molecular weight excluding hydrogens is 477 g/mol. The summed E-state index contributed by atoms with van der Waals surface area (Å²) in [5.74, 6) is 0.158. The summed E-state index contributed by atoms with van der Waals surface area (Å²) in [6.45, 7) is -0.301. The molecule has 9 heteroatoms. The molecule has 3 aromatic carbocycles. The topological polar surface area (TPSA) is 80.7 Å². The average Bonchev–Trinajstić information content (AvgIpc) is 3.38. The molecule has 0 spiro atoms. The highest BCUT2D eigenvalue weighted by Gasteiger charge is 2.36. The molecule has 1 aliphatic heterocycles. The van der Waals surface area contributed by atoms with E-state index in [4.69, 9.17) is 14.2 Å². The number of hydrogen-bond acceptors (Lipinski definition) is 6. The molecule has 0 radical (unpaired) electrons. The highest BCUT2D eigenvalue weighted by Crippen LogP contribution is 2.39. The maximum Gasteiger partial charge on any atom is 0.262 e. The van der Waals surface area contributed by atoms with Crippen LogP contribution in [0.2, 0.25) is 0 Å². The van der Waals surface area contributed by atoms with Gasteiger partial charge in [-0.25, -0.2) is 9.40 Å². The van der Waals surface area contributed by atoms with Crippen LogP contribution in [0.1, 0.15) is 33.9 Å². The van der Waals surface area contributed by atoms with Gasteiger partial charge in [0.25, 0.3) is 11.8 Å². The van der Waals surface area contributed by atoms with E-state index in [1.54, 1.807) is 39.5 Å². The molecule has 37 heavy (non-hydrogen) atoms. The van der Waals surface area contributed by atoms with Gasteiger partial charge in [0.05, 0.1) is 38.6 Å².